The molecule has 0 aromatic heterocycles. The van der Waals surface area contributed by atoms with E-state index in [2.05, 4.69) is 20.8 Å². The van der Waals surface area contributed by atoms with E-state index in [1.807, 2.05) is 0 Å². The Bertz CT molecular complexity index is 137. The molecular formula is C10H20O2. The summed E-state index contributed by atoms with van der Waals surface area (Å²) in [4.78, 5) is 0. The Balaban J connectivity index is 2.46. The number of ether oxygens (including phenoxy) is 1. The second-order valence-corrected chi connectivity index (χ2v) is 4.76. The number of rotatable bonds is 1. The van der Waals surface area contributed by atoms with Crippen LogP contribution >= 0.6 is 0 Å². The monoisotopic (exact) mass is 172 g/mol. The van der Waals surface area contributed by atoms with Gasteiger partial charge in [-0.3, -0.25) is 0 Å². The third-order valence-electron chi connectivity index (χ3n) is 2.80. The molecule has 0 aromatic rings. The topological polar surface area (TPSA) is 29.5 Å². The molecule has 0 unspecified atom stereocenters. The first kappa shape index (κ1) is 10.0. The third kappa shape index (κ3) is 2.46. The molecule has 72 valence electrons. The molecule has 1 aliphatic heterocycles. The minimum absolute atomic E-state index is 0.0861. The smallest absolute Gasteiger partial charge is 0.0808 e. The molecule has 12 heavy (non-hydrogen) atoms. The molecule has 2 heteroatoms. The van der Waals surface area contributed by atoms with Crippen LogP contribution in [0.4, 0.5) is 0 Å². The van der Waals surface area contributed by atoms with Crippen molar-refractivity contribution in [1.29, 1.82) is 0 Å². The molecule has 1 aliphatic rings. The summed E-state index contributed by atoms with van der Waals surface area (Å²) in [6, 6.07) is 0. The fourth-order valence-corrected chi connectivity index (χ4v) is 1.79. The van der Waals surface area contributed by atoms with Crippen molar-refractivity contribution >= 4 is 0 Å². The lowest BCUT2D eigenvalue weighted by molar-refractivity contribution is -0.0579. The van der Waals surface area contributed by atoms with Crippen LogP contribution in [0.3, 0.4) is 0 Å². The van der Waals surface area contributed by atoms with E-state index in [4.69, 9.17) is 9.84 Å². The molecule has 0 amide bonds. The molecule has 0 radical (unpaired) electrons. The Morgan fingerprint density at radius 3 is 2.58 bits per heavy atom. The SMILES string of the molecule is CC(C)(C)[C@H]1CCO[C@H](CO)C1. The van der Waals surface area contributed by atoms with Gasteiger partial charge < -0.3 is 9.84 Å². The van der Waals surface area contributed by atoms with Gasteiger partial charge in [-0.2, -0.15) is 0 Å². The molecule has 0 aromatic carbocycles. The maximum absolute atomic E-state index is 8.95. The molecule has 1 saturated heterocycles. The van der Waals surface area contributed by atoms with Crippen molar-refractivity contribution < 1.29 is 9.84 Å². The van der Waals surface area contributed by atoms with Crippen molar-refractivity contribution in [1.82, 2.24) is 0 Å². The third-order valence-corrected chi connectivity index (χ3v) is 2.80. The predicted molar refractivity (Wildman–Crippen MR) is 49.0 cm³/mol. The standard InChI is InChI=1S/C10H20O2/c1-10(2,3)8-4-5-12-9(6-8)7-11/h8-9,11H,4-7H2,1-3H3/t8-,9-/m0/s1. The summed E-state index contributed by atoms with van der Waals surface area (Å²) in [5.41, 5.74) is 0.358. The predicted octanol–water partition coefficient (Wildman–Crippen LogP) is 1.82. The van der Waals surface area contributed by atoms with Gasteiger partial charge in [-0.1, -0.05) is 20.8 Å². The van der Waals surface area contributed by atoms with Crippen molar-refractivity contribution in [3.63, 3.8) is 0 Å². The number of hydrogen-bond donors (Lipinski definition) is 1. The summed E-state index contributed by atoms with van der Waals surface area (Å²) >= 11 is 0. The van der Waals surface area contributed by atoms with Crippen LogP contribution in [0.5, 0.6) is 0 Å². The Morgan fingerprint density at radius 2 is 2.08 bits per heavy atom. The van der Waals surface area contributed by atoms with Gasteiger partial charge in [0.15, 0.2) is 0 Å². The minimum Gasteiger partial charge on any atom is -0.394 e. The molecule has 0 aliphatic carbocycles. The lowest BCUT2D eigenvalue weighted by Gasteiger charge is -2.37. The van der Waals surface area contributed by atoms with Gasteiger partial charge in [-0.15, -0.1) is 0 Å². The quantitative estimate of drug-likeness (QED) is 0.653. The fraction of sp³-hybridized carbons (Fsp3) is 1.00. The van der Waals surface area contributed by atoms with E-state index < -0.39 is 0 Å². The molecule has 2 nitrogen and oxygen atoms in total. The van der Waals surface area contributed by atoms with Crippen molar-refractivity contribution in [3.8, 4) is 0 Å². The van der Waals surface area contributed by atoms with E-state index in [9.17, 15) is 0 Å². The highest BCUT2D eigenvalue weighted by Crippen LogP contribution is 2.35. The molecule has 1 fully saturated rings. The van der Waals surface area contributed by atoms with E-state index in [1.165, 1.54) is 0 Å². The molecule has 1 rings (SSSR count). The van der Waals surface area contributed by atoms with E-state index in [-0.39, 0.29) is 12.7 Å². The van der Waals surface area contributed by atoms with Crippen LogP contribution in [-0.4, -0.2) is 24.4 Å². The number of aliphatic hydroxyl groups excluding tert-OH is 1. The zero-order chi connectivity index (χ0) is 9.19. The summed E-state index contributed by atoms with van der Waals surface area (Å²) in [5, 5.41) is 8.95. The molecule has 0 saturated carbocycles. The van der Waals surface area contributed by atoms with Crippen molar-refractivity contribution in [3.05, 3.63) is 0 Å². The molecule has 0 spiro atoms. The zero-order valence-electron chi connectivity index (χ0n) is 8.34. The van der Waals surface area contributed by atoms with Gasteiger partial charge in [0.1, 0.15) is 0 Å². The van der Waals surface area contributed by atoms with E-state index in [0.717, 1.165) is 19.4 Å². The van der Waals surface area contributed by atoms with Crippen molar-refractivity contribution in [2.75, 3.05) is 13.2 Å². The number of aliphatic hydroxyl groups is 1. The lowest BCUT2D eigenvalue weighted by atomic mass is 9.75. The highest BCUT2D eigenvalue weighted by Gasteiger charge is 2.30. The summed E-state index contributed by atoms with van der Waals surface area (Å²) in [7, 11) is 0. The summed E-state index contributed by atoms with van der Waals surface area (Å²) in [5.74, 6) is 0.698. The largest absolute Gasteiger partial charge is 0.394 e. The highest BCUT2D eigenvalue weighted by molar-refractivity contribution is 4.80. The van der Waals surface area contributed by atoms with Crippen LogP contribution in [0.15, 0.2) is 0 Å². The maximum atomic E-state index is 8.95. The second kappa shape index (κ2) is 3.75. The van der Waals surface area contributed by atoms with Crippen LogP contribution in [-0.2, 0) is 4.74 Å². The Labute approximate surface area is 74.9 Å². The second-order valence-electron chi connectivity index (χ2n) is 4.76. The van der Waals surface area contributed by atoms with E-state index in [0.29, 0.717) is 11.3 Å². The van der Waals surface area contributed by atoms with Crippen LogP contribution < -0.4 is 0 Å². The molecule has 1 heterocycles. The average Bonchev–Trinajstić information content (AvgIpc) is 2.03. The molecule has 2 atom stereocenters. The van der Waals surface area contributed by atoms with Gasteiger partial charge in [0, 0.05) is 6.61 Å². The van der Waals surface area contributed by atoms with E-state index in [1.54, 1.807) is 0 Å². The van der Waals surface area contributed by atoms with Crippen LogP contribution in [0.1, 0.15) is 33.6 Å². The molecule has 1 N–H and O–H groups in total. The van der Waals surface area contributed by atoms with Gasteiger partial charge in [0.05, 0.1) is 12.7 Å². The first-order chi connectivity index (χ1) is 5.54. The van der Waals surface area contributed by atoms with Crippen LogP contribution in [0.2, 0.25) is 0 Å². The lowest BCUT2D eigenvalue weighted by Crippen LogP contribution is -2.34. The molecule has 0 bridgehead atoms. The Hall–Kier alpha value is -0.0800. The fourth-order valence-electron chi connectivity index (χ4n) is 1.79. The van der Waals surface area contributed by atoms with Crippen LogP contribution in [0, 0.1) is 11.3 Å². The Kier molecular flexibility index (Phi) is 3.13. The molecular weight excluding hydrogens is 152 g/mol. The van der Waals surface area contributed by atoms with Gasteiger partial charge >= 0.3 is 0 Å². The van der Waals surface area contributed by atoms with Crippen molar-refractivity contribution in [2.24, 2.45) is 11.3 Å². The number of hydrogen-bond acceptors (Lipinski definition) is 2. The summed E-state index contributed by atoms with van der Waals surface area (Å²) < 4.78 is 5.40. The van der Waals surface area contributed by atoms with Gasteiger partial charge in [-0.05, 0) is 24.2 Å². The summed E-state index contributed by atoms with van der Waals surface area (Å²) in [6.07, 6.45) is 2.24. The van der Waals surface area contributed by atoms with E-state index >= 15 is 0 Å². The average molecular weight is 172 g/mol. The van der Waals surface area contributed by atoms with Crippen LogP contribution in [0.25, 0.3) is 0 Å². The maximum Gasteiger partial charge on any atom is 0.0808 e. The minimum atomic E-state index is 0.0861. The first-order valence-electron chi connectivity index (χ1n) is 4.76. The van der Waals surface area contributed by atoms with Gasteiger partial charge in [0.25, 0.3) is 0 Å². The van der Waals surface area contributed by atoms with Crippen molar-refractivity contribution in [2.45, 2.75) is 39.7 Å². The highest BCUT2D eigenvalue weighted by atomic mass is 16.5. The zero-order valence-corrected chi connectivity index (χ0v) is 8.34. The first-order valence-corrected chi connectivity index (χ1v) is 4.76. The van der Waals surface area contributed by atoms with Gasteiger partial charge in [-0.25, -0.2) is 0 Å². The normalized spacial score (nSPS) is 32.0. The van der Waals surface area contributed by atoms with Gasteiger partial charge in [0.2, 0.25) is 0 Å². The Morgan fingerprint density at radius 1 is 1.42 bits per heavy atom. The summed E-state index contributed by atoms with van der Waals surface area (Å²) in [6.45, 7) is 7.77.